The van der Waals surface area contributed by atoms with E-state index in [1.807, 2.05) is 6.07 Å². The minimum absolute atomic E-state index is 0.0462. The summed E-state index contributed by atoms with van der Waals surface area (Å²) in [6.07, 6.45) is 2.42. The zero-order valence-electron chi connectivity index (χ0n) is 17.4. The molecule has 1 aliphatic rings. The average molecular weight is 467 g/mol. The van der Waals surface area contributed by atoms with Gasteiger partial charge in [0.2, 0.25) is 0 Å². The second kappa shape index (κ2) is 7.14. The second-order valence-corrected chi connectivity index (χ2v) is 8.35. The number of nitrogens with zero attached hydrogens (tertiary/aromatic N) is 5. The van der Waals surface area contributed by atoms with Crippen LogP contribution in [-0.2, 0) is 6.54 Å². The third-order valence-electron chi connectivity index (χ3n) is 6.10. The molecular weight excluding hydrogens is 451 g/mol. The van der Waals surface area contributed by atoms with E-state index in [-0.39, 0.29) is 17.4 Å². The van der Waals surface area contributed by atoms with Gasteiger partial charge in [0.05, 0.1) is 23.0 Å². The summed E-state index contributed by atoms with van der Waals surface area (Å²) < 4.78 is 41.3. The van der Waals surface area contributed by atoms with Crippen molar-refractivity contribution in [1.29, 1.82) is 0 Å². The maximum Gasteiger partial charge on any atom is 0.408 e. The van der Waals surface area contributed by atoms with Gasteiger partial charge in [0.15, 0.2) is 5.65 Å². The van der Waals surface area contributed by atoms with Crippen molar-refractivity contribution >= 4 is 16.6 Å². The molecule has 0 spiro atoms. The normalized spacial score (nSPS) is 18.1. The topological polar surface area (TPSA) is 114 Å². The highest BCUT2D eigenvalue weighted by atomic mass is 19.4. The molecule has 9 nitrogen and oxygen atoms in total. The van der Waals surface area contributed by atoms with Crippen LogP contribution < -0.4 is 11.2 Å². The van der Waals surface area contributed by atoms with Crippen LogP contribution in [0.5, 0.6) is 0 Å². The Hall–Kier alpha value is -4.22. The molecule has 0 unspecified atom stereocenters. The van der Waals surface area contributed by atoms with Crippen LogP contribution in [0.25, 0.3) is 27.8 Å². The molecule has 4 aromatic heterocycles. The molecule has 2 N–H and O–H groups in total. The molecule has 1 saturated carbocycles. The van der Waals surface area contributed by atoms with Crippen LogP contribution in [0.15, 0.2) is 58.6 Å². The average Bonchev–Trinajstić information content (AvgIpc) is 3.26. The van der Waals surface area contributed by atoms with Gasteiger partial charge in [0, 0.05) is 29.5 Å². The summed E-state index contributed by atoms with van der Waals surface area (Å²) in [4.78, 5) is 32.7. The summed E-state index contributed by atoms with van der Waals surface area (Å²) in [5.74, 6) is 0.119. The highest BCUT2D eigenvalue weighted by molar-refractivity contribution is 5.80. The van der Waals surface area contributed by atoms with Crippen LogP contribution in [0.1, 0.15) is 29.4 Å². The molecule has 2 atom stereocenters. The van der Waals surface area contributed by atoms with Crippen molar-refractivity contribution < 1.29 is 13.2 Å². The first-order chi connectivity index (χ1) is 16.3. The van der Waals surface area contributed by atoms with Crippen LogP contribution in [0.3, 0.4) is 0 Å². The largest absolute Gasteiger partial charge is 0.408 e. The lowest BCUT2D eigenvalue weighted by Gasteiger charge is -2.09. The fourth-order valence-corrected chi connectivity index (χ4v) is 4.47. The Morgan fingerprint density at radius 1 is 1.15 bits per heavy atom. The summed E-state index contributed by atoms with van der Waals surface area (Å²) in [6.45, 7) is -1.15. The Morgan fingerprint density at radius 2 is 2.00 bits per heavy atom. The van der Waals surface area contributed by atoms with Crippen LogP contribution in [0, 0.1) is 0 Å². The Labute approximate surface area is 187 Å². The van der Waals surface area contributed by atoms with E-state index in [0.29, 0.717) is 22.2 Å². The number of halogens is 3. The van der Waals surface area contributed by atoms with Gasteiger partial charge in [-0.3, -0.25) is 14.5 Å². The molecule has 0 aliphatic heterocycles. The number of aromatic amines is 2. The lowest BCUT2D eigenvalue weighted by molar-refractivity contribution is -0.141. The molecule has 1 fully saturated rings. The van der Waals surface area contributed by atoms with Gasteiger partial charge in [-0.1, -0.05) is 12.1 Å². The van der Waals surface area contributed by atoms with Crippen molar-refractivity contribution in [3.63, 3.8) is 0 Å². The van der Waals surface area contributed by atoms with Gasteiger partial charge >= 0.3 is 11.9 Å². The minimum Gasteiger partial charge on any atom is -0.313 e. The van der Waals surface area contributed by atoms with E-state index in [1.165, 1.54) is 12.4 Å². The lowest BCUT2D eigenvalue weighted by Crippen LogP contribution is -2.23. The van der Waals surface area contributed by atoms with E-state index in [4.69, 9.17) is 0 Å². The molecule has 6 rings (SSSR count). The Kier molecular flexibility index (Phi) is 4.28. The van der Waals surface area contributed by atoms with E-state index < -0.39 is 24.0 Å². The zero-order chi connectivity index (χ0) is 23.6. The van der Waals surface area contributed by atoms with Crippen molar-refractivity contribution in [1.82, 2.24) is 34.3 Å². The quantitative estimate of drug-likeness (QED) is 0.422. The summed E-state index contributed by atoms with van der Waals surface area (Å²) in [6, 6.07) is 7.23. The van der Waals surface area contributed by atoms with E-state index in [2.05, 4.69) is 25.1 Å². The fourth-order valence-electron chi connectivity index (χ4n) is 4.47. The first-order valence-corrected chi connectivity index (χ1v) is 10.5. The summed E-state index contributed by atoms with van der Waals surface area (Å²) in [5, 5.41) is 8.97. The lowest BCUT2D eigenvalue weighted by atomic mass is 10.0. The number of hydrogen-bond acceptors (Lipinski definition) is 5. The predicted octanol–water partition coefficient (Wildman–Crippen LogP) is 2.96. The Balaban J connectivity index is 1.39. The number of alkyl halides is 3. The first kappa shape index (κ1) is 20.4. The van der Waals surface area contributed by atoms with Crippen LogP contribution in [-0.4, -0.2) is 40.5 Å². The van der Waals surface area contributed by atoms with Crippen LogP contribution >= 0.6 is 0 Å². The molecule has 0 radical (unpaired) electrons. The molecule has 0 saturated heterocycles. The van der Waals surface area contributed by atoms with Crippen molar-refractivity contribution in [3.05, 3.63) is 81.0 Å². The number of H-pyrrole nitrogens is 2. The predicted molar refractivity (Wildman–Crippen MR) is 116 cm³/mol. The second-order valence-electron chi connectivity index (χ2n) is 8.35. The number of aromatic nitrogens is 7. The molecule has 1 aliphatic carbocycles. The molecule has 0 amide bonds. The number of nitrogens with one attached hydrogen (secondary N) is 2. The third kappa shape index (κ3) is 3.47. The molecule has 0 bridgehead atoms. The fraction of sp³-hybridized carbons (Fsp3) is 0.227. The van der Waals surface area contributed by atoms with Gasteiger partial charge in [0.25, 0.3) is 5.56 Å². The molecule has 4 heterocycles. The molecule has 12 heteroatoms. The Morgan fingerprint density at radius 3 is 2.79 bits per heavy atom. The van der Waals surface area contributed by atoms with Crippen molar-refractivity contribution in [2.24, 2.45) is 0 Å². The highest BCUT2D eigenvalue weighted by Crippen LogP contribution is 2.56. The molecular formula is C22H16F3N7O2. The summed E-state index contributed by atoms with van der Waals surface area (Å²) in [7, 11) is 0. The van der Waals surface area contributed by atoms with Gasteiger partial charge < -0.3 is 4.98 Å². The van der Waals surface area contributed by atoms with Gasteiger partial charge in [-0.15, -0.1) is 0 Å². The molecule has 5 aromatic rings. The number of imidazole rings is 1. The van der Waals surface area contributed by atoms with Crippen LogP contribution in [0.2, 0.25) is 0 Å². The number of rotatable bonds is 4. The number of fused-ring (bicyclic) bond motifs is 2. The molecule has 1 aromatic carbocycles. The van der Waals surface area contributed by atoms with Gasteiger partial charge in [-0.2, -0.15) is 23.4 Å². The number of hydrogen-bond donors (Lipinski definition) is 2. The molecule has 34 heavy (non-hydrogen) atoms. The van der Waals surface area contributed by atoms with Gasteiger partial charge in [0.1, 0.15) is 6.54 Å². The SMILES string of the molecule is O=c1[nH]cc(-c2cc([C@@H]3C[C@H]3c3ccc4cnn(CC(F)(F)F)c4c3)c3nccn3n2)c(=O)[nH]1. The third-order valence-corrected chi connectivity index (χ3v) is 6.10. The minimum atomic E-state index is -4.36. The molecule has 172 valence electrons. The zero-order valence-corrected chi connectivity index (χ0v) is 17.4. The van der Waals surface area contributed by atoms with Gasteiger partial charge in [-0.25, -0.2) is 14.3 Å². The standard InChI is InChI=1S/C22H16F3N7O2/c23-22(24,25)10-32-18-5-11(1-2-12(18)8-28-32)13-6-14(13)15-7-17(30-31-4-3-26-19(15)31)16-9-27-21(34)29-20(16)33/h1-5,7-9,13-14H,6,10H2,(H2,27,29,33,34)/t13-,14+/m0/s1. The van der Waals surface area contributed by atoms with Crippen molar-refractivity contribution in [2.45, 2.75) is 31.0 Å². The van der Waals surface area contributed by atoms with Crippen LogP contribution in [0.4, 0.5) is 13.2 Å². The first-order valence-electron chi connectivity index (χ1n) is 10.5. The van der Waals surface area contributed by atoms with E-state index in [1.54, 1.807) is 35.1 Å². The van der Waals surface area contributed by atoms with E-state index >= 15 is 0 Å². The van der Waals surface area contributed by atoms with E-state index in [9.17, 15) is 22.8 Å². The van der Waals surface area contributed by atoms with Gasteiger partial charge in [-0.05, 0) is 36.0 Å². The number of benzene rings is 1. The Bertz CT molecular complexity index is 1680. The maximum atomic E-state index is 12.9. The summed E-state index contributed by atoms with van der Waals surface area (Å²) in [5.41, 5.74) is 2.27. The highest BCUT2D eigenvalue weighted by Gasteiger charge is 2.41. The monoisotopic (exact) mass is 467 g/mol. The maximum absolute atomic E-state index is 12.9. The smallest absolute Gasteiger partial charge is 0.313 e. The van der Waals surface area contributed by atoms with E-state index in [0.717, 1.165) is 22.2 Å². The van der Waals surface area contributed by atoms with Crippen molar-refractivity contribution in [3.8, 4) is 11.3 Å². The van der Waals surface area contributed by atoms with Crippen molar-refractivity contribution in [2.75, 3.05) is 0 Å². The summed E-state index contributed by atoms with van der Waals surface area (Å²) >= 11 is 0.